The van der Waals surface area contributed by atoms with E-state index in [1.165, 1.54) is 0 Å². The Morgan fingerprint density at radius 3 is 3.00 bits per heavy atom. The van der Waals surface area contributed by atoms with Crippen LogP contribution in [0.1, 0.15) is 43.2 Å². The summed E-state index contributed by atoms with van der Waals surface area (Å²) in [7, 11) is 0. The molecule has 110 valence electrons. The van der Waals surface area contributed by atoms with Crippen molar-refractivity contribution in [3.8, 4) is 11.5 Å². The molecule has 5 rings (SSSR count). The fourth-order valence-electron chi connectivity index (χ4n) is 5.64. The topological polar surface area (TPSA) is 66.8 Å². The maximum Gasteiger partial charge on any atom is 0.174 e. The van der Waals surface area contributed by atoms with Gasteiger partial charge in [-0.05, 0) is 43.2 Å². The van der Waals surface area contributed by atoms with Crippen LogP contribution in [0.5, 0.6) is 11.5 Å². The smallest absolute Gasteiger partial charge is 0.174 e. The van der Waals surface area contributed by atoms with Gasteiger partial charge in [-0.15, -0.1) is 0 Å². The molecule has 4 atom stereocenters. The Morgan fingerprint density at radius 2 is 2.14 bits per heavy atom. The Kier molecular flexibility index (Phi) is 1.97. The minimum Gasteiger partial charge on any atom is -0.504 e. The summed E-state index contributed by atoms with van der Waals surface area (Å²) >= 11 is 0. The van der Waals surface area contributed by atoms with Crippen molar-refractivity contribution in [1.82, 2.24) is 0 Å². The molecule has 4 heteroatoms. The highest BCUT2D eigenvalue weighted by molar-refractivity contribution is 5.89. The molecule has 2 bridgehead atoms. The van der Waals surface area contributed by atoms with Gasteiger partial charge in [-0.2, -0.15) is 0 Å². The molecule has 1 aliphatic heterocycles. The van der Waals surface area contributed by atoms with Gasteiger partial charge in [-0.25, -0.2) is 0 Å². The summed E-state index contributed by atoms with van der Waals surface area (Å²) in [5, 5.41) is 21.7. The Bertz CT molecular complexity index is 682. The normalized spacial score (nSPS) is 42.4. The molecule has 2 fully saturated rings. The first-order chi connectivity index (χ1) is 10.1. The monoisotopic (exact) mass is 286 g/mol. The lowest BCUT2D eigenvalue weighted by atomic mass is 9.46. The van der Waals surface area contributed by atoms with E-state index in [1.54, 1.807) is 6.07 Å². The minimum absolute atomic E-state index is 0.0729. The molecule has 0 saturated heterocycles. The molecule has 0 radical (unpaired) electrons. The van der Waals surface area contributed by atoms with Crippen LogP contribution in [0.4, 0.5) is 0 Å². The Morgan fingerprint density at radius 1 is 1.29 bits per heavy atom. The molecule has 0 amide bonds. The number of aliphatic hydroxyl groups is 1. The molecule has 1 spiro atoms. The zero-order chi connectivity index (χ0) is 14.4. The van der Waals surface area contributed by atoms with Crippen LogP contribution in [0.25, 0.3) is 0 Å². The van der Waals surface area contributed by atoms with Crippen LogP contribution in [-0.4, -0.2) is 27.7 Å². The Balaban J connectivity index is 1.89. The molecule has 1 heterocycles. The largest absolute Gasteiger partial charge is 0.504 e. The van der Waals surface area contributed by atoms with Crippen LogP contribution in [-0.2, 0) is 16.6 Å². The summed E-state index contributed by atoms with van der Waals surface area (Å²) in [4.78, 5) is 12.5. The van der Waals surface area contributed by atoms with Gasteiger partial charge >= 0.3 is 0 Å². The van der Waals surface area contributed by atoms with Crippen molar-refractivity contribution in [2.75, 3.05) is 0 Å². The van der Waals surface area contributed by atoms with E-state index in [0.29, 0.717) is 18.6 Å². The molecule has 4 nitrogen and oxygen atoms in total. The number of ketones is 1. The third-order valence-electron chi connectivity index (χ3n) is 6.44. The highest BCUT2D eigenvalue weighted by atomic mass is 16.5. The van der Waals surface area contributed by atoms with Crippen molar-refractivity contribution in [1.29, 1.82) is 0 Å². The maximum atomic E-state index is 12.5. The van der Waals surface area contributed by atoms with Crippen LogP contribution >= 0.6 is 0 Å². The lowest BCUT2D eigenvalue weighted by Crippen LogP contribution is -2.69. The predicted molar refractivity (Wildman–Crippen MR) is 74.4 cm³/mol. The van der Waals surface area contributed by atoms with E-state index in [2.05, 4.69) is 0 Å². The molecule has 2 N–H and O–H groups in total. The Labute approximate surface area is 122 Å². The standard InChI is InChI=1S/C17H18O4/c18-11-4-3-9-8-10-2-1-6-16-13(9)14(11)21-15(16)12(19)5-7-17(10,16)20/h3-4,10,15,18,20H,1-2,5-8H2/t10-,15?,16+,17-/m1/s1. The fraction of sp³-hybridized carbons (Fsp3) is 0.588. The van der Waals surface area contributed by atoms with E-state index in [-0.39, 0.29) is 17.5 Å². The molecule has 1 unspecified atom stereocenters. The number of ether oxygens (including phenoxy) is 1. The van der Waals surface area contributed by atoms with Gasteiger partial charge in [0.15, 0.2) is 23.4 Å². The maximum absolute atomic E-state index is 12.5. The third-order valence-corrected chi connectivity index (χ3v) is 6.44. The molecule has 21 heavy (non-hydrogen) atoms. The van der Waals surface area contributed by atoms with Gasteiger partial charge in [0.05, 0.1) is 11.0 Å². The van der Waals surface area contributed by atoms with Gasteiger partial charge in [0.25, 0.3) is 0 Å². The predicted octanol–water partition coefficient (Wildman–Crippen LogP) is 1.84. The van der Waals surface area contributed by atoms with Gasteiger partial charge in [-0.3, -0.25) is 4.79 Å². The summed E-state index contributed by atoms with van der Waals surface area (Å²) in [6, 6.07) is 3.60. The van der Waals surface area contributed by atoms with E-state index >= 15 is 0 Å². The van der Waals surface area contributed by atoms with Crippen LogP contribution < -0.4 is 4.74 Å². The average Bonchev–Trinajstić information content (AvgIpc) is 2.80. The number of carbonyl (C=O) groups is 1. The van der Waals surface area contributed by atoms with Crippen LogP contribution in [0.2, 0.25) is 0 Å². The first kappa shape index (κ1) is 12.0. The van der Waals surface area contributed by atoms with Gasteiger partial charge < -0.3 is 14.9 Å². The summed E-state index contributed by atoms with van der Waals surface area (Å²) < 4.78 is 5.93. The highest BCUT2D eigenvalue weighted by Gasteiger charge is 2.71. The second kappa shape index (κ2) is 3.43. The lowest BCUT2D eigenvalue weighted by molar-refractivity contribution is -0.177. The number of phenolic OH excluding ortho intramolecular Hbond substituents is 1. The third kappa shape index (κ3) is 1.10. The van der Waals surface area contributed by atoms with Gasteiger partial charge in [0.2, 0.25) is 0 Å². The van der Waals surface area contributed by atoms with Gasteiger partial charge in [0, 0.05) is 12.0 Å². The zero-order valence-electron chi connectivity index (χ0n) is 11.8. The number of carbonyl (C=O) groups excluding carboxylic acids is 1. The van der Waals surface area contributed by atoms with Crippen LogP contribution in [0, 0.1) is 5.92 Å². The number of benzene rings is 1. The molecule has 0 aromatic heterocycles. The first-order valence-corrected chi connectivity index (χ1v) is 7.85. The second-order valence-corrected chi connectivity index (χ2v) is 7.10. The molecule has 2 saturated carbocycles. The zero-order valence-corrected chi connectivity index (χ0v) is 11.8. The van der Waals surface area contributed by atoms with E-state index in [9.17, 15) is 15.0 Å². The summed E-state index contributed by atoms with van der Waals surface area (Å²) in [5.41, 5.74) is 0.608. The second-order valence-electron chi connectivity index (χ2n) is 7.10. The van der Waals surface area contributed by atoms with E-state index in [4.69, 9.17) is 4.74 Å². The van der Waals surface area contributed by atoms with E-state index < -0.39 is 17.1 Å². The molecule has 3 aliphatic carbocycles. The van der Waals surface area contributed by atoms with E-state index in [0.717, 1.165) is 36.8 Å². The van der Waals surface area contributed by atoms with Crippen molar-refractivity contribution in [3.05, 3.63) is 23.3 Å². The minimum atomic E-state index is -0.851. The number of aromatic hydroxyl groups is 1. The van der Waals surface area contributed by atoms with Crippen molar-refractivity contribution in [2.45, 2.75) is 55.6 Å². The molecular formula is C17H18O4. The molecule has 1 aromatic rings. The average molecular weight is 286 g/mol. The first-order valence-electron chi connectivity index (χ1n) is 7.85. The number of phenols is 1. The number of rotatable bonds is 0. The SMILES string of the molecule is O=C1CC[C@@]2(O)[C@@H]3CCC[C@@]24c2c(ccc(O)c2OC14)C3. The number of hydrogen-bond acceptors (Lipinski definition) is 4. The Hall–Kier alpha value is -1.55. The lowest BCUT2D eigenvalue weighted by Gasteiger charge is -2.59. The van der Waals surface area contributed by atoms with Crippen molar-refractivity contribution < 1.29 is 19.7 Å². The summed E-state index contributed by atoms with van der Waals surface area (Å²) in [6.45, 7) is 0. The number of hydrogen-bond donors (Lipinski definition) is 2. The summed E-state index contributed by atoms with van der Waals surface area (Å²) in [5.74, 6) is 0.820. The van der Waals surface area contributed by atoms with Gasteiger partial charge in [-0.1, -0.05) is 12.5 Å². The van der Waals surface area contributed by atoms with Gasteiger partial charge in [0.1, 0.15) is 0 Å². The molecular weight excluding hydrogens is 268 g/mol. The molecule has 1 aromatic carbocycles. The van der Waals surface area contributed by atoms with Crippen molar-refractivity contribution >= 4 is 5.78 Å². The number of Topliss-reactive ketones (excluding diaryl/α,β-unsaturated/α-hetero) is 1. The summed E-state index contributed by atoms with van der Waals surface area (Å²) in [6.07, 6.45) is 3.92. The van der Waals surface area contributed by atoms with Crippen molar-refractivity contribution in [3.63, 3.8) is 0 Å². The quantitative estimate of drug-likeness (QED) is 0.763. The van der Waals surface area contributed by atoms with Crippen LogP contribution in [0.3, 0.4) is 0 Å². The molecule has 4 aliphatic rings. The fourth-order valence-corrected chi connectivity index (χ4v) is 5.64. The van der Waals surface area contributed by atoms with Crippen molar-refractivity contribution in [2.24, 2.45) is 5.92 Å². The van der Waals surface area contributed by atoms with Crippen LogP contribution in [0.15, 0.2) is 12.1 Å². The van der Waals surface area contributed by atoms with E-state index in [1.807, 2.05) is 6.07 Å². The highest BCUT2D eigenvalue weighted by Crippen LogP contribution is 2.66.